The summed E-state index contributed by atoms with van der Waals surface area (Å²) >= 11 is 1.70. The van der Waals surface area contributed by atoms with Crippen molar-refractivity contribution < 1.29 is 4.74 Å². The van der Waals surface area contributed by atoms with Gasteiger partial charge >= 0.3 is 5.69 Å². The van der Waals surface area contributed by atoms with Crippen LogP contribution in [0.2, 0.25) is 0 Å². The number of ether oxygens (including phenoxy) is 1. The fourth-order valence-electron chi connectivity index (χ4n) is 4.02. The van der Waals surface area contributed by atoms with Crippen molar-refractivity contribution in [1.29, 1.82) is 0 Å². The fourth-order valence-corrected chi connectivity index (χ4v) is 5.00. The molecule has 1 saturated heterocycles. The normalized spacial score (nSPS) is 22.0. The van der Waals surface area contributed by atoms with Crippen molar-refractivity contribution in [1.82, 2.24) is 19.3 Å². The van der Waals surface area contributed by atoms with Gasteiger partial charge in [0.15, 0.2) is 5.82 Å². The average molecular weight is 397 g/mol. The number of nitrogens with zero attached hydrogens (tertiary/aromatic N) is 4. The van der Waals surface area contributed by atoms with Crippen molar-refractivity contribution in [2.75, 3.05) is 6.61 Å². The molecule has 1 saturated carbocycles. The maximum atomic E-state index is 13.0. The van der Waals surface area contributed by atoms with Gasteiger partial charge in [-0.25, -0.2) is 14.5 Å². The lowest BCUT2D eigenvalue weighted by Crippen LogP contribution is -2.26. The molecule has 2 aliphatic rings. The van der Waals surface area contributed by atoms with E-state index in [-0.39, 0.29) is 17.7 Å². The number of hydrogen-bond donors (Lipinski definition) is 0. The first-order chi connectivity index (χ1) is 13.7. The Morgan fingerprint density at radius 2 is 2.04 bits per heavy atom. The van der Waals surface area contributed by atoms with Gasteiger partial charge in [-0.3, -0.25) is 4.57 Å². The van der Waals surface area contributed by atoms with E-state index in [1.165, 1.54) is 23.4 Å². The van der Waals surface area contributed by atoms with Gasteiger partial charge < -0.3 is 4.74 Å². The van der Waals surface area contributed by atoms with Crippen molar-refractivity contribution in [3.8, 4) is 0 Å². The summed E-state index contributed by atoms with van der Waals surface area (Å²) < 4.78 is 9.36. The van der Waals surface area contributed by atoms with Crippen LogP contribution in [0.5, 0.6) is 0 Å². The molecule has 0 unspecified atom stereocenters. The summed E-state index contributed by atoms with van der Waals surface area (Å²) in [6.07, 6.45) is 3.23. The zero-order chi connectivity index (χ0) is 19.1. The largest absolute Gasteiger partial charge is 0.370 e. The molecule has 3 heterocycles. The summed E-state index contributed by atoms with van der Waals surface area (Å²) in [7, 11) is 0. The fraction of sp³-hybridized carbons (Fsp3) is 0.476. The van der Waals surface area contributed by atoms with E-state index >= 15 is 0 Å². The van der Waals surface area contributed by atoms with Gasteiger partial charge in [-0.15, -0.1) is 11.3 Å². The van der Waals surface area contributed by atoms with Gasteiger partial charge in [-0.1, -0.05) is 30.3 Å². The van der Waals surface area contributed by atoms with Crippen molar-refractivity contribution in [3.05, 3.63) is 68.3 Å². The number of hydrogen-bond acceptors (Lipinski definition) is 5. The van der Waals surface area contributed by atoms with Crippen LogP contribution in [0.4, 0.5) is 0 Å². The summed E-state index contributed by atoms with van der Waals surface area (Å²) in [5.41, 5.74) is 2.08. The first-order valence-corrected chi connectivity index (χ1v) is 10.9. The second kappa shape index (κ2) is 7.29. The minimum Gasteiger partial charge on any atom is -0.370 e. The van der Waals surface area contributed by atoms with Gasteiger partial charge in [0.05, 0.1) is 17.2 Å². The molecule has 6 nitrogen and oxygen atoms in total. The molecule has 28 heavy (non-hydrogen) atoms. The van der Waals surface area contributed by atoms with E-state index in [4.69, 9.17) is 14.8 Å². The molecular formula is C21H24N4O2S. The van der Waals surface area contributed by atoms with E-state index in [9.17, 15) is 4.79 Å². The predicted molar refractivity (Wildman–Crippen MR) is 108 cm³/mol. The smallest absolute Gasteiger partial charge is 0.346 e. The molecule has 0 N–H and O–H groups in total. The third-order valence-corrected chi connectivity index (χ3v) is 6.71. The van der Waals surface area contributed by atoms with Crippen LogP contribution in [0.1, 0.15) is 66.2 Å². The van der Waals surface area contributed by atoms with Gasteiger partial charge in [0.25, 0.3) is 0 Å². The Hall–Kier alpha value is -2.25. The molecule has 1 aromatic carbocycles. The van der Waals surface area contributed by atoms with E-state index in [2.05, 4.69) is 29.6 Å². The molecule has 0 spiro atoms. The third kappa shape index (κ3) is 3.22. The quantitative estimate of drug-likeness (QED) is 0.637. The van der Waals surface area contributed by atoms with Crippen molar-refractivity contribution in [2.24, 2.45) is 0 Å². The highest BCUT2D eigenvalue weighted by Crippen LogP contribution is 2.42. The van der Waals surface area contributed by atoms with Crippen LogP contribution in [-0.4, -0.2) is 25.9 Å². The lowest BCUT2D eigenvalue weighted by molar-refractivity contribution is 0.0934. The monoisotopic (exact) mass is 396 g/mol. The molecule has 2 aromatic heterocycles. The molecular weight excluding hydrogens is 372 g/mol. The van der Waals surface area contributed by atoms with E-state index in [1.807, 2.05) is 13.0 Å². The van der Waals surface area contributed by atoms with Crippen LogP contribution in [-0.2, 0) is 17.8 Å². The van der Waals surface area contributed by atoms with E-state index in [0.717, 1.165) is 17.9 Å². The van der Waals surface area contributed by atoms with Gasteiger partial charge in [0.1, 0.15) is 6.10 Å². The van der Waals surface area contributed by atoms with E-state index < -0.39 is 0 Å². The molecule has 2 fully saturated rings. The molecule has 146 valence electrons. The van der Waals surface area contributed by atoms with E-state index in [1.54, 1.807) is 20.6 Å². The molecule has 5 rings (SSSR count). The van der Waals surface area contributed by atoms with Crippen LogP contribution in [0, 0.1) is 0 Å². The highest BCUT2D eigenvalue weighted by Gasteiger charge is 2.35. The minimum atomic E-state index is -0.186. The highest BCUT2D eigenvalue weighted by molar-refractivity contribution is 7.09. The van der Waals surface area contributed by atoms with Gasteiger partial charge in [-0.2, -0.15) is 5.10 Å². The van der Waals surface area contributed by atoms with Crippen LogP contribution in [0.15, 0.2) is 40.5 Å². The summed E-state index contributed by atoms with van der Waals surface area (Å²) in [6, 6.07) is 10.4. The predicted octanol–water partition coefficient (Wildman–Crippen LogP) is 3.69. The summed E-state index contributed by atoms with van der Waals surface area (Å²) in [5.74, 6) is 1.59. The third-order valence-electron chi connectivity index (χ3n) is 5.65. The topological polar surface area (TPSA) is 61.9 Å². The molecule has 0 amide bonds. The van der Waals surface area contributed by atoms with Crippen molar-refractivity contribution in [2.45, 2.75) is 57.2 Å². The Balaban J connectivity index is 1.45. The number of aromatic nitrogens is 4. The molecule has 0 bridgehead atoms. The Bertz CT molecular complexity index is 1020. The number of thiazole rings is 1. The Morgan fingerprint density at radius 1 is 1.21 bits per heavy atom. The Morgan fingerprint density at radius 3 is 2.79 bits per heavy atom. The SMILES string of the molecule is CCn1c([C@H]2OCC[C@H]2c2ccccc2)nn(Cc2csc(C3CC3)n2)c1=O. The number of benzene rings is 1. The Labute approximate surface area is 167 Å². The molecule has 1 aliphatic heterocycles. The first kappa shape index (κ1) is 17.8. The zero-order valence-electron chi connectivity index (χ0n) is 16.0. The lowest BCUT2D eigenvalue weighted by atomic mass is 9.92. The van der Waals surface area contributed by atoms with Crippen LogP contribution in [0.3, 0.4) is 0 Å². The maximum absolute atomic E-state index is 13.0. The second-order valence-electron chi connectivity index (χ2n) is 7.59. The molecule has 0 radical (unpaired) electrons. The zero-order valence-corrected chi connectivity index (χ0v) is 16.8. The first-order valence-electron chi connectivity index (χ1n) is 10.0. The van der Waals surface area contributed by atoms with Gasteiger partial charge in [-0.05, 0) is 31.7 Å². The van der Waals surface area contributed by atoms with Crippen molar-refractivity contribution in [3.63, 3.8) is 0 Å². The van der Waals surface area contributed by atoms with Gasteiger partial charge in [0.2, 0.25) is 0 Å². The van der Waals surface area contributed by atoms with E-state index in [0.29, 0.717) is 25.6 Å². The molecule has 3 aromatic rings. The standard InChI is InChI=1S/C21H24N4O2S/c1-2-24-19(18-17(10-11-27-18)14-6-4-3-5-7-14)23-25(21(24)26)12-16-13-28-20(22-16)15-8-9-15/h3-7,13,15,17-18H,2,8-12H2,1H3/t17-,18-/m0/s1. The molecule has 1 aliphatic carbocycles. The Kier molecular flexibility index (Phi) is 4.64. The summed E-state index contributed by atoms with van der Waals surface area (Å²) in [4.78, 5) is 17.7. The maximum Gasteiger partial charge on any atom is 0.346 e. The molecule has 7 heteroatoms. The van der Waals surface area contributed by atoms with Crippen LogP contribution < -0.4 is 5.69 Å². The lowest BCUT2D eigenvalue weighted by Gasteiger charge is -2.18. The van der Waals surface area contributed by atoms with Crippen molar-refractivity contribution >= 4 is 11.3 Å². The molecule has 2 atom stereocenters. The summed E-state index contributed by atoms with van der Waals surface area (Å²) in [6.45, 7) is 3.67. The summed E-state index contributed by atoms with van der Waals surface area (Å²) in [5, 5.41) is 7.97. The average Bonchev–Trinajstić information content (AvgIpc) is 3.14. The van der Waals surface area contributed by atoms with Gasteiger partial charge in [0, 0.05) is 30.4 Å². The van der Waals surface area contributed by atoms with Crippen LogP contribution in [0.25, 0.3) is 0 Å². The minimum absolute atomic E-state index is 0.0826. The second-order valence-corrected chi connectivity index (χ2v) is 8.48. The van der Waals surface area contributed by atoms with Crippen LogP contribution >= 0.6 is 11.3 Å². The number of rotatable bonds is 6. The highest BCUT2D eigenvalue weighted by atomic mass is 32.1.